The zero-order chi connectivity index (χ0) is 17.5. The number of nitrogens with zero attached hydrogens (tertiary/aromatic N) is 2. The molecule has 0 spiro atoms. The monoisotopic (exact) mass is 342 g/mol. The lowest BCUT2D eigenvalue weighted by molar-refractivity contribution is 0.0702. The molecule has 6 nitrogen and oxygen atoms in total. The van der Waals surface area contributed by atoms with Gasteiger partial charge in [0.2, 0.25) is 0 Å². The van der Waals surface area contributed by atoms with Gasteiger partial charge in [-0.2, -0.15) is 0 Å². The van der Waals surface area contributed by atoms with Crippen molar-refractivity contribution in [2.45, 2.75) is 39.5 Å². The molecule has 6 heteroatoms. The summed E-state index contributed by atoms with van der Waals surface area (Å²) in [4.78, 5) is 7.16. The van der Waals surface area contributed by atoms with Crippen LogP contribution in [0.1, 0.15) is 39.5 Å². The summed E-state index contributed by atoms with van der Waals surface area (Å²) in [5.74, 6) is 1.79. The number of ether oxygens (including phenoxy) is 2. The maximum Gasteiger partial charge on any atom is 0.191 e. The first kappa shape index (κ1) is 21.2. The van der Waals surface area contributed by atoms with Gasteiger partial charge in [-0.1, -0.05) is 6.92 Å². The molecule has 0 saturated carbocycles. The van der Waals surface area contributed by atoms with E-state index in [1.54, 1.807) is 7.11 Å². The number of methoxy groups -OCH3 is 1. The van der Waals surface area contributed by atoms with Crippen LogP contribution in [0.3, 0.4) is 0 Å². The van der Waals surface area contributed by atoms with Crippen molar-refractivity contribution in [3.8, 4) is 0 Å². The molecule has 0 aliphatic carbocycles. The minimum atomic E-state index is 0.657. The Morgan fingerprint density at radius 2 is 1.92 bits per heavy atom. The van der Waals surface area contributed by atoms with Crippen LogP contribution in [0.4, 0.5) is 0 Å². The van der Waals surface area contributed by atoms with E-state index in [0.717, 1.165) is 44.5 Å². The normalized spacial score (nSPS) is 17.2. The molecule has 0 bridgehead atoms. The van der Waals surface area contributed by atoms with Crippen LogP contribution >= 0.6 is 0 Å². The molecule has 1 rings (SSSR count). The predicted octanol–water partition coefficient (Wildman–Crippen LogP) is 1.72. The van der Waals surface area contributed by atoms with Gasteiger partial charge in [-0.05, 0) is 58.2 Å². The molecule has 0 amide bonds. The molecule has 0 aromatic carbocycles. The van der Waals surface area contributed by atoms with E-state index in [9.17, 15) is 0 Å². The fourth-order valence-electron chi connectivity index (χ4n) is 2.93. The van der Waals surface area contributed by atoms with Gasteiger partial charge in [0.25, 0.3) is 0 Å². The first-order valence-corrected chi connectivity index (χ1v) is 9.61. The summed E-state index contributed by atoms with van der Waals surface area (Å²) in [5.41, 5.74) is 0. The molecule has 0 aromatic rings. The van der Waals surface area contributed by atoms with Crippen LogP contribution in [-0.2, 0) is 9.47 Å². The molecule has 142 valence electrons. The van der Waals surface area contributed by atoms with Crippen LogP contribution in [-0.4, -0.2) is 77.1 Å². The summed E-state index contributed by atoms with van der Waals surface area (Å²) in [6, 6.07) is 0. The van der Waals surface area contributed by atoms with Gasteiger partial charge in [0.1, 0.15) is 0 Å². The van der Waals surface area contributed by atoms with Gasteiger partial charge in [-0.25, -0.2) is 0 Å². The quantitative estimate of drug-likeness (QED) is 0.321. The first-order chi connectivity index (χ1) is 11.8. The van der Waals surface area contributed by atoms with Crippen molar-refractivity contribution in [2.75, 3.05) is 66.2 Å². The minimum Gasteiger partial charge on any atom is -0.382 e. The number of piperidine rings is 1. The van der Waals surface area contributed by atoms with Crippen molar-refractivity contribution in [1.82, 2.24) is 15.5 Å². The van der Waals surface area contributed by atoms with Crippen LogP contribution < -0.4 is 10.6 Å². The highest BCUT2D eigenvalue weighted by Gasteiger charge is 2.17. The van der Waals surface area contributed by atoms with E-state index in [0.29, 0.717) is 13.2 Å². The number of hydrogen-bond donors (Lipinski definition) is 2. The Kier molecular flexibility index (Phi) is 12.8. The summed E-state index contributed by atoms with van der Waals surface area (Å²) in [6.45, 7) is 12.8. The smallest absolute Gasteiger partial charge is 0.191 e. The highest BCUT2D eigenvalue weighted by Crippen LogP contribution is 2.19. The maximum absolute atomic E-state index is 5.46. The van der Waals surface area contributed by atoms with E-state index in [2.05, 4.69) is 34.4 Å². The van der Waals surface area contributed by atoms with E-state index in [1.807, 2.05) is 0 Å². The molecule has 1 aliphatic heterocycles. The Morgan fingerprint density at radius 3 is 2.58 bits per heavy atom. The number of nitrogens with one attached hydrogen (secondary N) is 2. The van der Waals surface area contributed by atoms with Gasteiger partial charge in [-0.3, -0.25) is 4.99 Å². The Morgan fingerprint density at radius 1 is 1.12 bits per heavy atom. The molecule has 24 heavy (non-hydrogen) atoms. The predicted molar refractivity (Wildman–Crippen MR) is 101 cm³/mol. The number of likely N-dealkylation sites (tertiary alicyclic amines) is 1. The topological polar surface area (TPSA) is 58.1 Å². The lowest BCUT2D eigenvalue weighted by atomic mass is 9.93. The summed E-state index contributed by atoms with van der Waals surface area (Å²) in [6.07, 6.45) is 4.85. The molecule has 1 saturated heterocycles. The van der Waals surface area contributed by atoms with Gasteiger partial charge in [0.05, 0.1) is 13.2 Å². The lowest BCUT2D eigenvalue weighted by Crippen LogP contribution is -2.39. The second kappa shape index (κ2) is 14.5. The minimum absolute atomic E-state index is 0.657. The van der Waals surface area contributed by atoms with Gasteiger partial charge >= 0.3 is 0 Å². The van der Waals surface area contributed by atoms with Gasteiger partial charge in [-0.15, -0.1) is 0 Å². The molecule has 1 aliphatic rings. The van der Waals surface area contributed by atoms with Crippen molar-refractivity contribution >= 4 is 5.96 Å². The van der Waals surface area contributed by atoms with E-state index in [4.69, 9.17) is 9.47 Å². The Balaban J connectivity index is 2.12. The summed E-state index contributed by atoms with van der Waals surface area (Å²) < 4.78 is 10.4. The van der Waals surface area contributed by atoms with Crippen LogP contribution in [0.15, 0.2) is 4.99 Å². The third kappa shape index (κ3) is 10.1. The van der Waals surface area contributed by atoms with E-state index < -0.39 is 0 Å². The van der Waals surface area contributed by atoms with E-state index in [-0.39, 0.29) is 0 Å². The molecule has 2 N–H and O–H groups in total. The van der Waals surface area contributed by atoms with Crippen LogP contribution in [0.25, 0.3) is 0 Å². The molecule has 0 atom stereocenters. The van der Waals surface area contributed by atoms with Gasteiger partial charge < -0.3 is 25.0 Å². The van der Waals surface area contributed by atoms with Gasteiger partial charge in [0.15, 0.2) is 5.96 Å². The van der Waals surface area contributed by atoms with Crippen molar-refractivity contribution in [3.05, 3.63) is 0 Å². The first-order valence-electron chi connectivity index (χ1n) is 9.61. The zero-order valence-corrected chi connectivity index (χ0v) is 16.0. The average Bonchev–Trinajstić information content (AvgIpc) is 2.61. The van der Waals surface area contributed by atoms with Crippen molar-refractivity contribution < 1.29 is 9.47 Å². The molecule has 0 aromatic heterocycles. The van der Waals surface area contributed by atoms with Crippen LogP contribution in [0, 0.1) is 5.92 Å². The van der Waals surface area contributed by atoms with Gasteiger partial charge in [0, 0.05) is 33.4 Å². The van der Waals surface area contributed by atoms with Crippen molar-refractivity contribution in [3.63, 3.8) is 0 Å². The molecular weight excluding hydrogens is 304 g/mol. The Bertz CT molecular complexity index is 318. The zero-order valence-electron chi connectivity index (χ0n) is 16.0. The summed E-state index contributed by atoms with van der Waals surface area (Å²) in [5, 5.41) is 6.79. The largest absolute Gasteiger partial charge is 0.382 e. The van der Waals surface area contributed by atoms with E-state index in [1.165, 1.54) is 38.9 Å². The fourth-order valence-corrected chi connectivity index (χ4v) is 2.93. The Labute approximate surface area is 148 Å². The molecular formula is C18H38N4O2. The number of aliphatic imine (C=N–C) groups is 1. The molecule has 0 unspecified atom stereocenters. The maximum atomic E-state index is 5.46. The number of guanidine groups is 1. The average molecular weight is 343 g/mol. The summed E-state index contributed by atoms with van der Waals surface area (Å²) in [7, 11) is 1.69. The standard InChI is InChI=1S/C18H38N4O2/c1-4-19-18(20-10-6-14-24-16-15-23-3)21-11-7-17-8-12-22(5-2)13-9-17/h17H,4-16H2,1-3H3,(H2,19,20,21). The molecule has 0 radical (unpaired) electrons. The number of rotatable bonds is 12. The van der Waals surface area contributed by atoms with Crippen molar-refractivity contribution in [1.29, 1.82) is 0 Å². The number of hydrogen-bond acceptors (Lipinski definition) is 4. The molecule has 1 heterocycles. The highest BCUT2D eigenvalue weighted by atomic mass is 16.5. The van der Waals surface area contributed by atoms with E-state index >= 15 is 0 Å². The second-order valence-electron chi connectivity index (χ2n) is 6.31. The molecule has 1 fully saturated rings. The van der Waals surface area contributed by atoms with Crippen LogP contribution in [0.2, 0.25) is 0 Å². The second-order valence-corrected chi connectivity index (χ2v) is 6.31. The Hall–Kier alpha value is -0.850. The SMILES string of the molecule is CCNC(=NCCCOCCOC)NCCC1CCN(CC)CC1. The highest BCUT2D eigenvalue weighted by molar-refractivity contribution is 5.79. The summed E-state index contributed by atoms with van der Waals surface area (Å²) >= 11 is 0. The third-order valence-corrected chi connectivity index (χ3v) is 4.49. The lowest BCUT2D eigenvalue weighted by Gasteiger charge is -2.31. The third-order valence-electron chi connectivity index (χ3n) is 4.49. The fraction of sp³-hybridized carbons (Fsp3) is 0.944. The van der Waals surface area contributed by atoms with Crippen LogP contribution in [0.5, 0.6) is 0 Å². The van der Waals surface area contributed by atoms with Crippen molar-refractivity contribution in [2.24, 2.45) is 10.9 Å².